The summed E-state index contributed by atoms with van der Waals surface area (Å²) in [7, 11) is -4.96. The third-order valence-corrected chi connectivity index (χ3v) is 4.57. The van der Waals surface area contributed by atoms with Crippen LogP contribution < -0.4 is 4.18 Å². The van der Waals surface area contributed by atoms with Gasteiger partial charge in [0, 0.05) is 0 Å². The molecule has 112 valence electrons. The molecule has 1 atom stereocenters. The minimum absolute atomic E-state index is 0.157. The van der Waals surface area contributed by atoms with Crippen LogP contribution >= 0.6 is 0 Å². The van der Waals surface area contributed by atoms with Gasteiger partial charge in [0.2, 0.25) is 0 Å². The SMILES string of the molecule is O=S(=O)(Oc1ccc(C2CCCC2)cc1)C(F)C(F)F. The zero-order valence-electron chi connectivity index (χ0n) is 10.6. The van der Waals surface area contributed by atoms with E-state index in [0.717, 1.165) is 31.2 Å². The number of benzene rings is 1. The molecule has 0 radical (unpaired) electrons. The average molecular weight is 308 g/mol. The fourth-order valence-corrected chi connectivity index (χ4v) is 3.08. The summed E-state index contributed by atoms with van der Waals surface area (Å²) in [6.07, 6.45) is 0.856. The van der Waals surface area contributed by atoms with Crippen LogP contribution in [0.15, 0.2) is 24.3 Å². The molecular formula is C13H15F3O3S. The van der Waals surface area contributed by atoms with Crippen molar-refractivity contribution in [1.29, 1.82) is 0 Å². The van der Waals surface area contributed by atoms with Gasteiger partial charge >= 0.3 is 10.1 Å². The number of halogens is 3. The van der Waals surface area contributed by atoms with E-state index in [1.807, 2.05) is 0 Å². The van der Waals surface area contributed by atoms with E-state index in [0.29, 0.717) is 5.92 Å². The van der Waals surface area contributed by atoms with Crippen molar-refractivity contribution in [1.82, 2.24) is 0 Å². The first kappa shape index (κ1) is 15.2. The van der Waals surface area contributed by atoms with Gasteiger partial charge in [-0.15, -0.1) is 0 Å². The van der Waals surface area contributed by atoms with E-state index < -0.39 is 22.0 Å². The molecule has 1 unspecified atom stereocenters. The number of alkyl halides is 3. The molecule has 0 saturated heterocycles. The summed E-state index contributed by atoms with van der Waals surface area (Å²) >= 11 is 0. The van der Waals surface area contributed by atoms with Crippen molar-refractivity contribution in [2.75, 3.05) is 0 Å². The first-order chi connectivity index (χ1) is 9.40. The number of hydrogen-bond donors (Lipinski definition) is 0. The van der Waals surface area contributed by atoms with E-state index in [4.69, 9.17) is 0 Å². The first-order valence-electron chi connectivity index (χ1n) is 6.35. The van der Waals surface area contributed by atoms with Crippen LogP contribution in [0.5, 0.6) is 5.75 Å². The molecule has 20 heavy (non-hydrogen) atoms. The van der Waals surface area contributed by atoms with Crippen molar-refractivity contribution in [3.05, 3.63) is 29.8 Å². The fraction of sp³-hybridized carbons (Fsp3) is 0.538. The summed E-state index contributed by atoms with van der Waals surface area (Å²) in [4.78, 5) is 0. The highest BCUT2D eigenvalue weighted by molar-refractivity contribution is 7.87. The van der Waals surface area contributed by atoms with Crippen LogP contribution in [-0.4, -0.2) is 20.3 Å². The highest BCUT2D eigenvalue weighted by atomic mass is 32.2. The van der Waals surface area contributed by atoms with E-state index in [-0.39, 0.29) is 5.75 Å². The lowest BCUT2D eigenvalue weighted by Gasteiger charge is -2.12. The Hall–Kier alpha value is -1.24. The predicted molar refractivity (Wildman–Crippen MR) is 68.1 cm³/mol. The van der Waals surface area contributed by atoms with Crippen LogP contribution in [0.1, 0.15) is 37.2 Å². The van der Waals surface area contributed by atoms with Crippen LogP contribution in [-0.2, 0) is 10.1 Å². The summed E-state index contributed by atoms with van der Waals surface area (Å²) in [6, 6.07) is 6.11. The van der Waals surface area contributed by atoms with E-state index in [2.05, 4.69) is 4.18 Å². The maximum Gasteiger partial charge on any atom is 0.347 e. The first-order valence-corrected chi connectivity index (χ1v) is 7.83. The molecule has 1 aromatic carbocycles. The number of rotatable bonds is 5. The van der Waals surface area contributed by atoms with Crippen LogP contribution in [0.3, 0.4) is 0 Å². The standard InChI is InChI=1S/C13H15F3O3S/c14-12(15)13(16)20(17,18)19-11-7-5-10(6-8-11)9-3-1-2-4-9/h5-9,12-13H,1-4H2. The molecule has 0 N–H and O–H groups in total. The molecular weight excluding hydrogens is 293 g/mol. The molecule has 2 rings (SSSR count). The molecule has 3 nitrogen and oxygen atoms in total. The van der Waals surface area contributed by atoms with Crippen molar-refractivity contribution in [2.24, 2.45) is 0 Å². The van der Waals surface area contributed by atoms with Gasteiger partial charge in [-0.25, -0.2) is 13.2 Å². The molecule has 7 heteroatoms. The third kappa shape index (κ3) is 3.45. The Labute approximate surface area is 115 Å². The Morgan fingerprint density at radius 1 is 1.05 bits per heavy atom. The van der Waals surface area contributed by atoms with Crippen LogP contribution in [0.4, 0.5) is 13.2 Å². The Morgan fingerprint density at radius 2 is 1.60 bits per heavy atom. The molecule has 1 saturated carbocycles. The molecule has 1 aliphatic carbocycles. The molecule has 1 fully saturated rings. The quantitative estimate of drug-likeness (QED) is 0.780. The van der Waals surface area contributed by atoms with E-state index in [1.165, 1.54) is 12.1 Å². The smallest absolute Gasteiger partial charge is 0.347 e. The predicted octanol–water partition coefficient (Wildman–Crippen LogP) is 3.61. The second-order valence-corrected chi connectivity index (χ2v) is 6.41. The van der Waals surface area contributed by atoms with Crippen molar-refractivity contribution in [3.8, 4) is 5.75 Å². The zero-order chi connectivity index (χ0) is 14.8. The van der Waals surface area contributed by atoms with Gasteiger partial charge < -0.3 is 4.18 Å². The van der Waals surface area contributed by atoms with Crippen LogP contribution in [0.2, 0.25) is 0 Å². The summed E-state index contributed by atoms with van der Waals surface area (Å²) in [6.45, 7) is 0. The highest BCUT2D eigenvalue weighted by Crippen LogP contribution is 2.34. The minimum atomic E-state index is -4.96. The van der Waals surface area contributed by atoms with Crippen LogP contribution in [0.25, 0.3) is 0 Å². The van der Waals surface area contributed by atoms with E-state index >= 15 is 0 Å². The van der Waals surface area contributed by atoms with Crippen molar-refractivity contribution in [2.45, 2.75) is 43.5 Å². The zero-order valence-corrected chi connectivity index (χ0v) is 11.5. The lowest BCUT2D eigenvalue weighted by atomic mass is 9.98. The van der Waals surface area contributed by atoms with E-state index in [9.17, 15) is 21.6 Å². The van der Waals surface area contributed by atoms with Crippen molar-refractivity contribution in [3.63, 3.8) is 0 Å². The largest absolute Gasteiger partial charge is 0.380 e. The summed E-state index contributed by atoms with van der Waals surface area (Å²) in [5.41, 5.74) is -2.28. The molecule has 0 amide bonds. The minimum Gasteiger partial charge on any atom is -0.380 e. The van der Waals surface area contributed by atoms with Gasteiger partial charge in [-0.1, -0.05) is 25.0 Å². The van der Waals surface area contributed by atoms with Gasteiger partial charge in [0.05, 0.1) is 0 Å². The van der Waals surface area contributed by atoms with Gasteiger partial charge in [0.15, 0.2) is 0 Å². The highest BCUT2D eigenvalue weighted by Gasteiger charge is 2.36. The second-order valence-electron chi connectivity index (χ2n) is 4.81. The monoisotopic (exact) mass is 308 g/mol. The Balaban J connectivity index is 2.07. The van der Waals surface area contributed by atoms with Gasteiger partial charge in [-0.2, -0.15) is 8.42 Å². The molecule has 1 aliphatic rings. The fourth-order valence-electron chi connectivity index (χ4n) is 2.36. The molecule has 0 aliphatic heterocycles. The van der Waals surface area contributed by atoms with Gasteiger partial charge in [0.1, 0.15) is 5.75 Å². The molecule has 0 bridgehead atoms. The second kappa shape index (κ2) is 6.03. The molecule has 0 spiro atoms. The van der Waals surface area contributed by atoms with Gasteiger partial charge in [-0.3, -0.25) is 0 Å². The van der Waals surface area contributed by atoms with Crippen molar-refractivity contribution < 1.29 is 25.8 Å². The lowest BCUT2D eigenvalue weighted by molar-refractivity contribution is 0.0864. The Bertz CT molecular complexity index is 536. The normalized spacial score (nSPS) is 18.4. The van der Waals surface area contributed by atoms with Gasteiger partial charge in [-0.05, 0) is 36.5 Å². The van der Waals surface area contributed by atoms with E-state index in [1.54, 1.807) is 12.1 Å². The van der Waals surface area contributed by atoms with Crippen LogP contribution in [0, 0.1) is 0 Å². The average Bonchev–Trinajstić information content (AvgIpc) is 2.92. The van der Waals surface area contributed by atoms with Crippen molar-refractivity contribution >= 4 is 10.1 Å². The Morgan fingerprint density at radius 3 is 2.10 bits per heavy atom. The Kier molecular flexibility index (Phi) is 4.57. The lowest BCUT2D eigenvalue weighted by Crippen LogP contribution is -2.28. The third-order valence-electron chi connectivity index (χ3n) is 3.39. The molecule has 0 aromatic heterocycles. The summed E-state index contributed by atoms with van der Waals surface area (Å²) in [5, 5.41) is 0. The molecule has 0 heterocycles. The maximum absolute atomic E-state index is 12.9. The number of hydrogen-bond acceptors (Lipinski definition) is 3. The topological polar surface area (TPSA) is 43.4 Å². The molecule has 1 aromatic rings. The summed E-state index contributed by atoms with van der Waals surface area (Å²) < 4.78 is 63.7. The summed E-state index contributed by atoms with van der Waals surface area (Å²) in [5.74, 6) is 0.283. The maximum atomic E-state index is 12.9. The van der Waals surface area contributed by atoms with Gasteiger partial charge in [0.25, 0.3) is 11.9 Å².